The Morgan fingerprint density at radius 1 is 1.10 bits per heavy atom. The molecule has 4 heteroatoms. The van der Waals surface area contributed by atoms with Gasteiger partial charge in [0.05, 0.1) is 0 Å². The van der Waals surface area contributed by atoms with Crippen LogP contribution in [0.5, 0.6) is 5.75 Å². The third-order valence-electron chi connectivity index (χ3n) is 4.98. The lowest BCUT2D eigenvalue weighted by Crippen LogP contribution is -2.13. The zero-order valence-electron chi connectivity index (χ0n) is 17.2. The molecule has 29 heavy (non-hydrogen) atoms. The minimum Gasteiger partial charge on any atom is -0.457 e. The highest BCUT2D eigenvalue weighted by molar-refractivity contribution is 5.97. The SMILES string of the molecule is CC(C)CCCC(=O)Nc1ccc2c(c1)/C(Oc1ccccc1)=C\C(=O)CCC2. The van der Waals surface area contributed by atoms with Crippen LogP contribution in [0, 0.1) is 5.92 Å². The standard InChI is InChI=1S/C25H29NO3/c1-18(2)8-6-13-25(28)26-20-15-14-19-9-7-10-21(27)17-24(23(19)16-20)29-22-11-4-3-5-12-22/h3-5,11-12,14-18H,6-10,13H2,1-2H3,(H,26,28)/b24-17+. The second-order valence-electron chi connectivity index (χ2n) is 7.95. The van der Waals surface area contributed by atoms with Crippen LogP contribution in [-0.4, -0.2) is 11.7 Å². The predicted octanol–water partition coefficient (Wildman–Crippen LogP) is 5.78. The van der Waals surface area contributed by atoms with E-state index in [1.54, 1.807) is 6.08 Å². The maximum absolute atomic E-state index is 12.3. The summed E-state index contributed by atoms with van der Waals surface area (Å²) in [5, 5.41) is 2.99. The molecule has 0 aliphatic heterocycles. The Bertz CT molecular complexity index is 884. The summed E-state index contributed by atoms with van der Waals surface area (Å²) in [6.07, 6.45) is 6.13. The molecule has 0 heterocycles. The average Bonchev–Trinajstić information content (AvgIpc) is 2.68. The van der Waals surface area contributed by atoms with E-state index in [0.717, 1.165) is 42.5 Å². The van der Waals surface area contributed by atoms with Gasteiger partial charge in [-0.1, -0.05) is 44.5 Å². The number of carbonyl (C=O) groups is 2. The number of ketones is 1. The number of rotatable bonds is 7. The van der Waals surface area contributed by atoms with E-state index in [9.17, 15) is 9.59 Å². The van der Waals surface area contributed by atoms with Crippen molar-refractivity contribution in [3.05, 3.63) is 65.7 Å². The largest absolute Gasteiger partial charge is 0.457 e. The van der Waals surface area contributed by atoms with Crippen molar-refractivity contribution in [1.29, 1.82) is 0 Å². The van der Waals surface area contributed by atoms with Crippen molar-refractivity contribution >= 4 is 23.1 Å². The molecular weight excluding hydrogens is 362 g/mol. The first kappa shape index (κ1) is 20.8. The van der Waals surface area contributed by atoms with Gasteiger partial charge in [-0.2, -0.15) is 0 Å². The topological polar surface area (TPSA) is 55.4 Å². The molecule has 1 N–H and O–H groups in total. The quantitative estimate of drug-likeness (QED) is 0.651. The molecule has 1 aliphatic rings. The van der Waals surface area contributed by atoms with E-state index in [-0.39, 0.29) is 11.7 Å². The molecule has 0 saturated heterocycles. The maximum Gasteiger partial charge on any atom is 0.224 e. The first-order chi connectivity index (χ1) is 14.0. The van der Waals surface area contributed by atoms with E-state index in [1.165, 1.54) is 0 Å². The highest BCUT2D eigenvalue weighted by atomic mass is 16.5. The summed E-state index contributed by atoms with van der Waals surface area (Å²) in [6, 6.07) is 15.3. The summed E-state index contributed by atoms with van der Waals surface area (Å²) in [6.45, 7) is 4.32. The Morgan fingerprint density at radius 3 is 2.66 bits per heavy atom. The predicted molar refractivity (Wildman–Crippen MR) is 117 cm³/mol. The van der Waals surface area contributed by atoms with Gasteiger partial charge in [0.25, 0.3) is 0 Å². The fourth-order valence-corrected chi connectivity index (χ4v) is 3.45. The molecule has 0 atom stereocenters. The molecule has 0 saturated carbocycles. The third kappa shape index (κ3) is 6.31. The van der Waals surface area contributed by atoms with E-state index in [2.05, 4.69) is 19.2 Å². The summed E-state index contributed by atoms with van der Waals surface area (Å²) in [7, 11) is 0. The van der Waals surface area contributed by atoms with Gasteiger partial charge in [-0.05, 0) is 55.0 Å². The van der Waals surface area contributed by atoms with Gasteiger partial charge < -0.3 is 10.1 Å². The Hall–Kier alpha value is -2.88. The number of fused-ring (bicyclic) bond motifs is 1. The number of aryl methyl sites for hydroxylation is 1. The number of para-hydroxylation sites is 1. The number of nitrogens with one attached hydrogen (secondary N) is 1. The highest BCUT2D eigenvalue weighted by Crippen LogP contribution is 2.29. The fraction of sp³-hybridized carbons (Fsp3) is 0.360. The van der Waals surface area contributed by atoms with Crippen LogP contribution in [0.3, 0.4) is 0 Å². The highest BCUT2D eigenvalue weighted by Gasteiger charge is 2.17. The first-order valence-corrected chi connectivity index (χ1v) is 10.4. The van der Waals surface area contributed by atoms with Crippen LogP contribution in [0.1, 0.15) is 57.1 Å². The summed E-state index contributed by atoms with van der Waals surface area (Å²) in [4.78, 5) is 24.6. The van der Waals surface area contributed by atoms with Crippen LogP contribution >= 0.6 is 0 Å². The molecule has 2 aromatic rings. The van der Waals surface area contributed by atoms with Crippen molar-refractivity contribution in [3.8, 4) is 5.75 Å². The molecule has 0 spiro atoms. The van der Waals surface area contributed by atoms with E-state index in [4.69, 9.17) is 4.74 Å². The Morgan fingerprint density at radius 2 is 1.90 bits per heavy atom. The maximum atomic E-state index is 12.3. The van der Waals surface area contributed by atoms with E-state index in [1.807, 2.05) is 48.5 Å². The van der Waals surface area contributed by atoms with Gasteiger partial charge in [-0.15, -0.1) is 0 Å². The first-order valence-electron chi connectivity index (χ1n) is 10.4. The smallest absolute Gasteiger partial charge is 0.224 e. The number of carbonyl (C=O) groups excluding carboxylic acids is 2. The lowest BCUT2D eigenvalue weighted by molar-refractivity contribution is -0.116. The summed E-state index contributed by atoms with van der Waals surface area (Å²) >= 11 is 0. The molecule has 0 unspecified atom stereocenters. The van der Waals surface area contributed by atoms with E-state index >= 15 is 0 Å². The molecule has 4 nitrogen and oxygen atoms in total. The number of anilines is 1. The number of hydrogen-bond acceptors (Lipinski definition) is 3. The van der Waals surface area contributed by atoms with Crippen molar-refractivity contribution < 1.29 is 14.3 Å². The van der Waals surface area contributed by atoms with Gasteiger partial charge in [0.15, 0.2) is 5.78 Å². The van der Waals surface area contributed by atoms with Crippen LogP contribution in [0.2, 0.25) is 0 Å². The average molecular weight is 392 g/mol. The molecule has 2 aromatic carbocycles. The monoisotopic (exact) mass is 391 g/mol. The van der Waals surface area contributed by atoms with Crippen LogP contribution in [-0.2, 0) is 16.0 Å². The lowest BCUT2D eigenvalue weighted by atomic mass is 9.95. The van der Waals surface area contributed by atoms with E-state index < -0.39 is 0 Å². The molecule has 3 rings (SSSR count). The number of allylic oxidation sites excluding steroid dienone is 1. The van der Waals surface area contributed by atoms with Crippen LogP contribution in [0.15, 0.2) is 54.6 Å². The van der Waals surface area contributed by atoms with Crippen molar-refractivity contribution in [2.75, 3.05) is 5.32 Å². The van der Waals surface area contributed by atoms with Gasteiger partial charge in [0.1, 0.15) is 11.5 Å². The van der Waals surface area contributed by atoms with E-state index in [0.29, 0.717) is 30.3 Å². The molecular formula is C25H29NO3. The minimum atomic E-state index is 0.0158. The van der Waals surface area contributed by atoms with Crippen molar-refractivity contribution in [2.24, 2.45) is 5.92 Å². The summed E-state index contributed by atoms with van der Waals surface area (Å²) in [5.41, 5.74) is 2.72. The molecule has 0 bridgehead atoms. The van der Waals surface area contributed by atoms with Crippen LogP contribution < -0.4 is 10.1 Å². The van der Waals surface area contributed by atoms with Crippen molar-refractivity contribution in [1.82, 2.24) is 0 Å². The number of ether oxygens (including phenoxy) is 1. The van der Waals surface area contributed by atoms with Gasteiger partial charge in [-0.3, -0.25) is 9.59 Å². The van der Waals surface area contributed by atoms with Gasteiger partial charge in [0.2, 0.25) is 5.91 Å². The zero-order chi connectivity index (χ0) is 20.6. The lowest BCUT2D eigenvalue weighted by Gasteiger charge is -2.18. The normalized spacial score (nSPS) is 15.7. The van der Waals surface area contributed by atoms with Crippen molar-refractivity contribution in [2.45, 2.75) is 52.4 Å². The number of benzene rings is 2. The Kier molecular flexibility index (Phi) is 7.23. The van der Waals surface area contributed by atoms with Crippen LogP contribution in [0.25, 0.3) is 5.76 Å². The van der Waals surface area contributed by atoms with Crippen LogP contribution in [0.4, 0.5) is 5.69 Å². The minimum absolute atomic E-state index is 0.0158. The van der Waals surface area contributed by atoms with Gasteiger partial charge in [0, 0.05) is 30.2 Å². The second-order valence-corrected chi connectivity index (χ2v) is 7.95. The molecule has 0 fully saturated rings. The number of amides is 1. The van der Waals surface area contributed by atoms with Crippen molar-refractivity contribution in [3.63, 3.8) is 0 Å². The fourth-order valence-electron chi connectivity index (χ4n) is 3.45. The van der Waals surface area contributed by atoms with Gasteiger partial charge in [-0.25, -0.2) is 0 Å². The number of hydrogen-bond donors (Lipinski definition) is 1. The third-order valence-corrected chi connectivity index (χ3v) is 4.98. The second kappa shape index (κ2) is 10.1. The molecule has 1 amide bonds. The van der Waals surface area contributed by atoms with Gasteiger partial charge >= 0.3 is 0 Å². The zero-order valence-corrected chi connectivity index (χ0v) is 17.2. The Labute approximate surface area is 173 Å². The molecule has 0 aromatic heterocycles. The molecule has 0 radical (unpaired) electrons. The molecule has 1 aliphatic carbocycles. The summed E-state index contributed by atoms with van der Waals surface area (Å²) in [5.74, 6) is 1.89. The Balaban J connectivity index is 1.82. The summed E-state index contributed by atoms with van der Waals surface area (Å²) < 4.78 is 6.07. The molecule has 152 valence electrons.